The first-order chi connectivity index (χ1) is 15.8. The molecule has 4 rings (SSSR count). The van der Waals surface area contributed by atoms with Crippen molar-refractivity contribution in [1.82, 2.24) is 0 Å². The van der Waals surface area contributed by atoms with Crippen LogP contribution in [-0.4, -0.2) is 12.5 Å². The molecule has 4 aromatic rings. The number of rotatable bonds is 0. The van der Waals surface area contributed by atoms with Crippen molar-refractivity contribution in [3.8, 4) is 0 Å². The summed E-state index contributed by atoms with van der Waals surface area (Å²) in [7, 11) is 0. The molecule has 0 aromatic heterocycles. The number of hydrogen-bond acceptors (Lipinski definition) is 1. The lowest BCUT2D eigenvalue weighted by atomic mass is 10.1. The van der Waals surface area contributed by atoms with Crippen LogP contribution in [0, 0.1) is 41.5 Å². The van der Waals surface area contributed by atoms with E-state index in [2.05, 4.69) is 77.9 Å². The van der Waals surface area contributed by atoms with Gasteiger partial charge < -0.3 is 0 Å². The van der Waals surface area contributed by atoms with E-state index in [-0.39, 0.29) is 0 Å². The van der Waals surface area contributed by atoms with Gasteiger partial charge in [-0.1, -0.05) is 143 Å². The van der Waals surface area contributed by atoms with Crippen molar-refractivity contribution >= 4 is 11.8 Å². The number of thioether (sulfide) groups is 1. The maximum Gasteiger partial charge on any atom is -0.0187 e. The van der Waals surface area contributed by atoms with E-state index < -0.39 is 0 Å². The lowest BCUT2D eigenvalue weighted by Gasteiger charge is -1.96. The van der Waals surface area contributed by atoms with Crippen molar-refractivity contribution in [3.05, 3.63) is 143 Å². The van der Waals surface area contributed by atoms with Crippen LogP contribution < -0.4 is 0 Å². The Morgan fingerprint density at radius 3 is 0.485 bits per heavy atom. The standard InChI is InChI=1S/2C9H12.2C6H6.C2H6S/c2*1-7-4-8(2)6-9(3)5-7;2*1-2-4-6-5-3-1;1-3-2/h2*4-6H,1-3H3;2*1-6H;1-2H3. The molecule has 0 spiro atoms. The molecule has 0 saturated heterocycles. The summed E-state index contributed by atoms with van der Waals surface area (Å²) in [4.78, 5) is 0. The Hall–Kier alpha value is -2.77. The molecule has 0 nitrogen and oxygen atoms in total. The number of aryl methyl sites for hydroxylation is 6. The van der Waals surface area contributed by atoms with Crippen LogP contribution in [0.1, 0.15) is 33.4 Å². The Bertz CT molecular complexity index is 725. The van der Waals surface area contributed by atoms with Gasteiger partial charge in [0.2, 0.25) is 0 Å². The van der Waals surface area contributed by atoms with Crippen LogP contribution in [-0.2, 0) is 0 Å². The first-order valence-corrected chi connectivity index (χ1v) is 12.9. The molecule has 0 aliphatic rings. The van der Waals surface area contributed by atoms with Crippen molar-refractivity contribution in [3.63, 3.8) is 0 Å². The third kappa shape index (κ3) is 19.6. The molecule has 0 N–H and O–H groups in total. The summed E-state index contributed by atoms with van der Waals surface area (Å²) in [6.07, 6.45) is 4.08. The van der Waals surface area contributed by atoms with E-state index in [0.717, 1.165) is 0 Å². The van der Waals surface area contributed by atoms with Crippen LogP contribution in [0.4, 0.5) is 0 Å². The van der Waals surface area contributed by atoms with Crippen LogP contribution in [0.2, 0.25) is 0 Å². The molecule has 176 valence electrons. The molecule has 0 unspecified atom stereocenters. The Labute approximate surface area is 208 Å². The Balaban J connectivity index is 0.000000404. The fourth-order valence-corrected chi connectivity index (χ4v) is 3.17. The molecule has 0 bridgehead atoms. The minimum Gasteiger partial charge on any atom is -0.169 e. The van der Waals surface area contributed by atoms with Crippen molar-refractivity contribution < 1.29 is 0 Å². The molecule has 1 heteroatoms. The summed E-state index contributed by atoms with van der Waals surface area (Å²) in [5.74, 6) is 0. The van der Waals surface area contributed by atoms with E-state index in [1.165, 1.54) is 33.4 Å². The quantitative estimate of drug-likeness (QED) is 0.253. The van der Waals surface area contributed by atoms with Gasteiger partial charge in [-0.05, 0) is 54.1 Å². The highest BCUT2D eigenvalue weighted by atomic mass is 32.2. The predicted octanol–water partition coefficient (Wildman–Crippen LogP) is 9.58. The molecule has 0 fully saturated rings. The van der Waals surface area contributed by atoms with E-state index >= 15 is 0 Å². The van der Waals surface area contributed by atoms with Crippen molar-refractivity contribution in [2.75, 3.05) is 12.5 Å². The third-order valence-corrected chi connectivity index (χ3v) is 4.07. The average molecular weight is 459 g/mol. The third-order valence-electron chi connectivity index (χ3n) is 4.07. The SMILES string of the molecule is CSC.Cc1cc(C)cc(C)c1.Cc1cc(C)cc(C)c1.c1ccccc1.c1ccccc1. The summed E-state index contributed by atoms with van der Waals surface area (Å²) in [6.45, 7) is 12.8. The molecule has 0 saturated carbocycles. The molecule has 4 aromatic carbocycles. The molecule has 0 heterocycles. The highest BCUT2D eigenvalue weighted by Crippen LogP contribution is 2.07. The highest BCUT2D eigenvalue weighted by molar-refractivity contribution is 7.97. The second kappa shape index (κ2) is 19.9. The van der Waals surface area contributed by atoms with Gasteiger partial charge in [0.25, 0.3) is 0 Å². The second-order valence-electron chi connectivity index (χ2n) is 8.05. The van der Waals surface area contributed by atoms with Gasteiger partial charge in [0.1, 0.15) is 0 Å². The molecule has 0 aliphatic heterocycles. The molecule has 0 radical (unpaired) electrons. The predicted molar refractivity (Wildman–Crippen MR) is 154 cm³/mol. The smallest absolute Gasteiger partial charge is 0.0187 e. The Morgan fingerprint density at radius 1 is 0.303 bits per heavy atom. The van der Waals surface area contributed by atoms with Crippen LogP contribution in [0.5, 0.6) is 0 Å². The second-order valence-corrected chi connectivity index (χ2v) is 8.86. The molecular formula is C32H42S. The summed E-state index contributed by atoms with van der Waals surface area (Å²) in [5.41, 5.74) is 8.13. The maximum atomic E-state index is 2.19. The fraction of sp³-hybridized carbons (Fsp3) is 0.250. The van der Waals surface area contributed by atoms with Crippen molar-refractivity contribution in [2.24, 2.45) is 0 Å². The topological polar surface area (TPSA) is 0 Å². The van der Waals surface area contributed by atoms with Gasteiger partial charge in [-0.3, -0.25) is 0 Å². The van der Waals surface area contributed by atoms with Crippen LogP contribution in [0.3, 0.4) is 0 Å². The number of hydrogen-bond donors (Lipinski definition) is 0. The summed E-state index contributed by atoms with van der Waals surface area (Å²) in [6, 6.07) is 37.1. The first kappa shape index (κ1) is 30.2. The molecular weight excluding hydrogens is 416 g/mol. The molecule has 0 atom stereocenters. The summed E-state index contributed by atoms with van der Waals surface area (Å²) in [5, 5.41) is 0. The minimum atomic E-state index is 1.35. The van der Waals surface area contributed by atoms with Crippen molar-refractivity contribution in [2.45, 2.75) is 41.5 Å². The normalized spacial score (nSPS) is 8.73. The van der Waals surface area contributed by atoms with E-state index in [1.807, 2.05) is 85.3 Å². The van der Waals surface area contributed by atoms with Crippen molar-refractivity contribution in [1.29, 1.82) is 0 Å². The zero-order valence-corrected chi connectivity index (χ0v) is 22.6. The highest BCUT2D eigenvalue weighted by Gasteiger charge is 1.88. The maximum absolute atomic E-state index is 2.19. The number of benzene rings is 4. The summed E-state index contributed by atoms with van der Waals surface area (Å²) < 4.78 is 0. The van der Waals surface area contributed by atoms with Gasteiger partial charge >= 0.3 is 0 Å². The lowest BCUT2D eigenvalue weighted by Crippen LogP contribution is -1.78. The van der Waals surface area contributed by atoms with Crippen LogP contribution in [0.25, 0.3) is 0 Å². The Kier molecular flexibility index (Phi) is 18.2. The van der Waals surface area contributed by atoms with E-state index in [0.29, 0.717) is 0 Å². The van der Waals surface area contributed by atoms with E-state index in [9.17, 15) is 0 Å². The zero-order chi connectivity index (χ0) is 24.9. The van der Waals surface area contributed by atoms with Gasteiger partial charge in [0.05, 0.1) is 0 Å². The summed E-state index contributed by atoms with van der Waals surface area (Å²) >= 11 is 1.75. The molecule has 0 aliphatic carbocycles. The van der Waals surface area contributed by atoms with Gasteiger partial charge in [0, 0.05) is 0 Å². The lowest BCUT2D eigenvalue weighted by molar-refractivity contribution is 1.32. The largest absolute Gasteiger partial charge is 0.169 e. The van der Waals surface area contributed by atoms with Crippen LogP contribution in [0.15, 0.2) is 109 Å². The molecule has 33 heavy (non-hydrogen) atoms. The molecule has 0 amide bonds. The zero-order valence-electron chi connectivity index (χ0n) is 21.8. The van der Waals surface area contributed by atoms with Gasteiger partial charge in [0.15, 0.2) is 0 Å². The van der Waals surface area contributed by atoms with Gasteiger partial charge in [-0.25, -0.2) is 0 Å². The average Bonchev–Trinajstić information content (AvgIpc) is 2.76. The van der Waals surface area contributed by atoms with Crippen LogP contribution >= 0.6 is 11.8 Å². The van der Waals surface area contributed by atoms with E-state index in [1.54, 1.807) is 11.8 Å². The fourth-order valence-electron chi connectivity index (χ4n) is 3.17. The van der Waals surface area contributed by atoms with E-state index in [4.69, 9.17) is 0 Å². The van der Waals surface area contributed by atoms with Gasteiger partial charge in [-0.2, -0.15) is 11.8 Å². The Morgan fingerprint density at radius 2 is 0.394 bits per heavy atom. The van der Waals surface area contributed by atoms with Gasteiger partial charge in [-0.15, -0.1) is 0 Å². The first-order valence-electron chi connectivity index (χ1n) is 11.3. The monoisotopic (exact) mass is 458 g/mol. The minimum absolute atomic E-state index is 1.35.